The summed E-state index contributed by atoms with van der Waals surface area (Å²) in [5.41, 5.74) is 1.45. The summed E-state index contributed by atoms with van der Waals surface area (Å²) >= 11 is 0. The molecule has 2 aliphatic carbocycles. The largest absolute Gasteiger partial charge is 0.494 e. The molecule has 0 N–H and O–H groups in total. The second-order valence-corrected chi connectivity index (χ2v) is 11.3. The number of anilines is 1. The molecule has 172 valence electrons. The Labute approximate surface area is 186 Å². The van der Waals surface area contributed by atoms with Gasteiger partial charge < -0.3 is 19.4 Å². The fraction of sp³-hybridized carbons (Fsp3) is 0.696. The maximum absolute atomic E-state index is 13.0. The van der Waals surface area contributed by atoms with E-state index in [0.717, 1.165) is 18.7 Å². The van der Waals surface area contributed by atoms with E-state index in [1.807, 2.05) is 44.9 Å². The molecule has 0 radical (unpaired) electrons. The number of nitrogens with zero attached hydrogens (tertiary/aromatic N) is 3. The highest BCUT2D eigenvalue weighted by Gasteiger charge is 2.75. The Morgan fingerprint density at radius 3 is 2.42 bits per heavy atom. The standard InChI is InChI=1S/C21H29N3O4S.C2H6/c1-3-28-17-6-4-16(5-7-17)24-14-15-12-21(13-18(21)24)19(15)22(2)20(25)23-8-10-29(26,27)11-9-23;1-2/h4-7,15,18-19H,3,8-14H2,1-2H3;1-2H3/t15-,18+,19?,21?;/m0./s1. The van der Waals surface area contributed by atoms with E-state index in [2.05, 4.69) is 17.0 Å². The fourth-order valence-electron chi connectivity index (χ4n) is 5.97. The zero-order valence-electron chi connectivity index (χ0n) is 19.1. The molecule has 31 heavy (non-hydrogen) atoms. The van der Waals surface area contributed by atoms with Crippen LogP contribution in [0.4, 0.5) is 10.5 Å². The summed E-state index contributed by atoms with van der Waals surface area (Å²) in [6, 6.07) is 9.11. The number of benzene rings is 1. The van der Waals surface area contributed by atoms with Gasteiger partial charge >= 0.3 is 6.03 Å². The maximum atomic E-state index is 13.0. The van der Waals surface area contributed by atoms with E-state index < -0.39 is 9.84 Å². The molecule has 4 atom stereocenters. The molecule has 2 bridgehead atoms. The second kappa shape index (κ2) is 8.19. The van der Waals surface area contributed by atoms with Crippen molar-refractivity contribution in [2.45, 2.75) is 45.7 Å². The molecule has 1 spiro atoms. The van der Waals surface area contributed by atoms with Gasteiger partial charge in [0.05, 0.1) is 18.1 Å². The van der Waals surface area contributed by atoms with E-state index in [1.165, 1.54) is 12.1 Å². The van der Waals surface area contributed by atoms with Crippen LogP contribution in [0.1, 0.15) is 33.6 Å². The molecule has 8 heteroatoms. The van der Waals surface area contributed by atoms with Crippen LogP contribution in [0.15, 0.2) is 24.3 Å². The third kappa shape index (κ3) is 3.77. The van der Waals surface area contributed by atoms with Crippen molar-refractivity contribution >= 4 is 21.6 Å². The van der Waals surface area contributed by atoms with Crippen LogP contribution in [0.3, 0.4) is 0 Å². The van der Waals surface area contributed by atoms with Gasteiger partial charge in [0.2, 0.25) is 0 Å². The first-order valence-electron chi connectivity index (χ1n) is 11.6. The zero-order valence-corrected chi connectivity index (χ0v) is 19.9. The number of sulfone groups is 1. The van der Waals surface area contributed by atoms with E-state index in [-0.39, 0.29) is 29.0 Å². The predicted molar refractivity (Wildman–Crippen MR) is 122 cm³/mol. The van der Waals surface area contributed by atoms with Gasteiger partial charge in [0.25, 0.3) is 0 Å². The third-order valence-electron chi connectivity index (χ3n) is 7.38. The summed E-state index contributed by atoms with van der Waals surface area (Å²) in [4.78, 5) is 19.2. The summed E-state index contributed by atoms with van der Waals surface area (Å²) in [7, 11) is -1.07. The van der Waals surface area contributed by atoms with Gasteiger partial charge in [-0.25, -0.2) is 13.2 Å². The lowest BCUT2D eigenvalue weighted by Crippen LogP contribution is -2.66. The number of carbonyl (C=O) groups excluding carboxylic acids is 1. The van der Waals surface area contributed by atoms with E-state index >= 15 is 0 Å². The van der Waals surface area contributed by atoms with Crippen molar-refractivity contribution in [3.8, 4) is 5.75 Å². The molecule has 1 aromatic rings. The molecule has 7 nitrogen and oxygen atoms in total. The van der Waals surface area contributed by atoms with Crippen LogP contribution in [-0.2, 0) is 9.84 Å². The van der Waals surface area contributed by atoms with E-state index in [1.54, 1.807) is 4.90 Å². The highest BCUT2D eigenvalue weighted by molar-refractivity contribution is 7.91. The molecular formula is C23H35N3O4S. The summed E-state index contributed by atoms with van der Waals surface area (Å²) in [5, 5.41) is 0. The van der Waals surface area contributed by atoms with Crippen molar-refractivity contribution in [3.63, 3.8) is 0 Å². The van der Waals surface area contributed by atoms with E-state index in [9.17, 15) is 13.2 Å². The lowest BCUT2D eigenvalue weighted by atomic mass is 9.63. The van der Waals surface area contributed by atoms with Crippen LogP contribution in [-0.4, -0.2) is 81.1 Å². The van der Waals surface area contributed by atoms with Crippen LogP contribution < -0.4 is 9.64 Å². The van der Waals surface area contributed by atoms with Gasteiger partial charge in [-0.05, 0) is 49.9 Å². The first-order valence-corrected chi connectivity index (χ1v) is 13.4. The van der Waals surface area contributed by atoms with E-state index in [0.29, 0.717) is 31.7 Å². The molecule has 0 aromatic heterocycles. The Bertz CT molecular complexity index is 905. The molecule has 2 amide bonds. The predicted octanol–water partition coefficient (Wildman–Crippen LogP) is 2.86. The summed E-state index contributed by atoms with van der Waals surface area (Å²) in [5.74, 6) is 1.54. The molecule has 6 rings (SSSR count). The van der Waals surface area contributed by atoms with Gasteiger partial charge in [-0.1, -0.05) is 13.8 Å². The number of hydrogen-bond acceptors (Lipinski definition) is 5. The molecule has 2 saturated carbocycles. The molecule has 5 aliphatic rings. The highest BCUT2D eigenvalue weighted by atomic mass is 32.2. The number of rotatable bonds is 4. The minimum Gasteiger partial charge on any atom is -0.494 e. The van der Waals surface area contributed by atoms with Crippen LogP contribution in [0.25, 0.3) is 0 Å². The van der Waals surface area contributed by atoms with E-state index in [4.69, 9.17) is 4.74 Å². The Kier molecular flexibility index (Phi) is 5.87. The lowest BCUT2D eigenvalue weighted by molar-refractivity contribution is -0.00903. The van der Waals surface area contributed by atoms with Crippen LogP contribution in [0.2, 0.25) is 0 Å². The van der Waals surface area contributed by atoms with Gasteiger partial charge in [-0.15, -0.1) is 0 Å². The number of carbonyl (C=O) groups is 1. The van der Waals surface area contributed by atoms with Crippen molar-refractivity contribution in [3.05, 3.63) is 24.3 Å². The Morgan fingerprint density at radius 2 is 1.81 bits per heavy atom. The minimum absolute atomic E-state index is 0.00542. The smallest absolute Gasteiger partial charge is 0.320 e. The van der Waals surface area contributed by atoms with Crippen LogP contribution >= 0.6 is 0 Å². The molecule has 3 heterocycles. The second-order valence-electron chi connectivity index (χ2n) is 8.97. The number of urea groups is 1. The van der Waals surface area contributed by atoms with Crippen molar-refractivity contribution in [1.29, 1.82) is 0 Å². The number of ether oxygens (including phenoxy) is 1. The third-order valence-corrected chi connectivity index (χ3v) is 8.98. The molecular weight excluding hydrogens is 414 g/mol. The van der Waals surface area contributed by atoms with Crippen molar-refractivity contribution in [2.75, 3.05) is 49.7 Å². The Morgan fingerprint density at radius 1 is 1.16 bits per heavy atom. The van der Waals surface area contributed by atoms with Gasteiger partial charge in [-0.2, -0.15) is 0 Å². The Balaban J connectivity index is 0.00000112. The molecule has 5 fully saturated rings. The topological polar surface area (TPSA) is 70.2 Å². The quantitative estimate of drug-likeness (QED) is 0.707. The maximum Gasteiger partial charge on any atom is 0.320 e. The summed E-state index contributed by atoms with van der Waals surface area (Å²) in [6.07, 6.45) is 2.33. The molecule has 2 unspecified atom stereocenters. The minimum atomic E-state index is -2.98. The van der Waals surface area contributed by atoms with Gasteiger partial charge in [0, 0.05) is 49.9 Å². The summed E-state index contributed by atoms with van der Waals surface area (Å²) < 4.78 is 28.9. The first-order chi connectivity index (χ1) is 14.8. The van der Waals surface area contributed by atoms with Gasteiger partial charge in [0.1, 0.15) is 5.75 Å². The number of piperidine rings is 2. The van der Waals surface area contributed by atoms with Crippen molar-refractivity contribution in [1.82, 2.24) is 9.80 Å². The Hall–Kier alpha value is -1.96. The van der Waals surface area contributed by atoms with Crippen LogP contribution in [0, 0.1) is 11.3 Å². The summed E-state index contributed by atoms with van der Waals surface area (Å²) in [6.45, 7) is 8.26. The highest BCUT2D eigenvalue weighted by Crippen LogP contribution is 2.70. The average molecular weight is 450 g/mol. The normalized spacial score (nSPS) is 32.1. The number of fused-ring (bicyclic) bond motifs is 1. The fourth-order valence-corrected chi connectivity index (χ4v) is 7.17. The van der Waals surface area contributed by atoms with Crippen LogP contribution in [0.5, 0.6) is 5.75 Å². The molecule has 3 aliphatic heterocycles. The monoisotopic (exact) mass is 449 g/mol. The molecule has 3 saturated heterocycles. The van der Waals surface area contributed by atoms with Gasteiger partial charge in [0.15, 0.2) is 9.84 Å². The molecule has 1 aromatic carbocycles. The zero-order chi connectivity index (χ0) is 22.4. The SMILES string of the molecule is CC.CCOc1ccc(N2C[C@@H]3CC4(C[C@@H]24)C3N(C)C(=O)N2CCS(=O)(=O)CC2)cc1. The van der Waals surface area contributed by atoms with Crippen molar-refractivity contribution < 1.29 is 17.9 Å². The van der Waals surface area contributed by atoms with Gasteiger partial charge in [-0.3, -0.25) is 0 Å². The average Bonchev–Trinajstić information content (AvgIpc) is 3.54. The van der Waals surface area contributed by atoms with Crippen molar-refractivity contribution in [2.24, 2.45) is 11.3 Å². The lowest BCUT2D eigenvalue weighted by Gasteiger charge is -2.57. The number of hydrogen-bond donors (Lipinski definition) is 0. The first kappa shape index (κ1) is 22.2. The number of amides is 2.